The largest absolute Gasteiger partial charge is 0.460 e. The summed E-state index contributed by atoms with van der Waals surface area (Å²) in [5.41, 5.74) is 0.501. The number of ether oxygens (including phenoxy) is 1. The molecule has 0 heterocycles. The zero-order chi connectivity index (χ0) is 15.9. The van der Waals surface area contributed by atoms with Crippen LogP contribution in [0.3, 0.4) is 0 Å². The van der Waals surface area contributed by atoms with Crippen molar-refractivity contribution in [2.24, 2.45) is 10.8 Å². The van der Waals surface area contributed by atoms with E-state index in [2.05, 4.69) is 34.6 Å². The third-order valence-corrected chi connectivity index (χ3v) is 4.60. The molecule has 0 aliphatic heterocycles. The Morgan fingerprint density at radius 2 is 1.67 bits per heavy atom. The van der Waals surface area contributed by atoms with Crippen molar-refractivity contribution in [2.75, 3.05) is 0 Å². The van der Waals surface area contributed by atoms with Crippen LogP contribution in [0.2, 0.25) is 0 Å². The molecule has 0 aromatic heterocycles. The maximum atomic E-state index is 12.7. The standard InChI is InChI=1S/C19H30O2/c1-6-7-11-14-19(5,18(2,3)4)17(20)21-15-16-12-9-8-10-13-16/h8-10,12-13H,6-7,11,14-15H2,1-5H3. The quantitative estimate of drug-likeness (QED) is 0.499. The van der Waals surface area contributed by atoms with Crippen LogP contribution >= 0.6 is 0 Å². The highest BCUT2D eigenvalue weighted by Gasteiger charge is 2.44. The van der Waals surface area contributed by atoms with Crippen molar-refractivity contribution in [3.8, 4) is 0 Å². The van der Waals surface area contributed by atoms with Crippen LogP contribution in [0.1, 0.15) is 65.9 Å². The number of hydrogen-bond acceptors (Lipinski definition) is 2. The Kier molecular flexibility index (Phi) is 6.44. The Bertz CT molecular complexity index is 431. The highest BCUT2D eigenvalue weighted by molar-refractivity contribution is 5.77. The van der Waals surface area contributed by atoms with Gasteiger partial charge in [0, 0.05) is 0 Å². The van der Waals surface area contributed by atoms with Crippen molar-refractivity contribution in [3.05, 3.63) is 35.9 Å². The molecular formula is C19H30O2. The Hall–Kier alpha value is -1.31. The number of hydrogen-bond donors (Lipinski definition) is 0. The van der Waals surface area contributed by atoms with Crippen molar-refractivity contribution in [3.63, 3.8) is 0 Å². The lowest BCUT2D eigenvalue weighted by Gasteiger charge is -2.39. The van der Waals surface area contributed by atoms with Gasteiger partial charge in [0.05, 0.1) is 5.41 Å². The minimum absolute atomic E-state index is 0.0741. The summed E-state index contributed by atoms with van der Waals surface area (Å²) in [4.78, 5) is 12.7. The monoisotopic (exact) mass is 290 g/mol. The van der Waals surface area contributed by atoms with E-state index in [0.717, 1.165) is 24.8 Å². The zero-order valence-electron chi connectivity index (χ0n) is 14.2. The van der Waals surface area contributed by atoms with Gasteiger partial charge in [-0.2, -0.15) is 0 Å². The number of carbonyl (C=O) groups is 1. The molecule has 0 saturated carbocycles. The first-order valence-electron chi connectivity index (χ1n) is 8.02. The lowest BCUT2D eigenvalue weighted by Crippen LogP contribution is -2.41. The summed E-state index contributed by atoms with van der Waals surface area (Å²) in [7, 11) is 0. The minimum Gasteiger partial charge on any atom is -0.460 e. The molecule has 1 rings (SSSR count). The zero-order valence-corrected chi connectivity index (χ0v) is 14.2. The summed E-state index contributed by atoms with van der Waals surface area (Å²) in [6, 6.07) is 9.87. The van der Waals surface area contributed by atoms with Gasteiger partial charge in [-0.25, -0.2) is 0 Å². The van der Waals surface area contributed by atoms with Crippen LogP contribution in [0.4, 0.5) is 0 Å². The normalized spacial score (nSPS) is 14.5. The van der Waals surface area contributed by atoms with Crippen LogP contribution in [0.25, 0.3) is 0 Å². The predicted octanol–water partition coefficient (Wildman–Crippen LogP) is 5.36. The van der Waals surface area contributed by atoms with Gasteiger partial charge in [-0.15, -0.1) is 0 Å². The van der Waals surface area contributed by atoms with E-state index in [0.29, 0.717) is 6.61 Å². The summed E-state index contributed by atoms with van der Waals surface area (Å²) >= 11 is 0. The van der Waals surface area contributed by atoms with E-state index in [1.807, 2.05) is 30.3 Å². The minimum atomic E-state index is -0.434. The van der Waals surface area contributed by atoms with Crippen molar-refractivity contribution in [1.29, 1.82) is 0 Å². The molecular weight excluding hydrogens is 260 g/mol. The molecule has 1 aromatic carbocycles. The predicted molar refractivity (Wildman–Crippen MR) is 87.9 cm³/mol. The average molecular weight is 290 g/mol. The summed E-state index contributed by atoms with van der Waals surface area (Å²) in [5.74, 6) is -0.0741. The van der Waals surface area contributed by atoms with Gasteiger partial charge in [0.1, 0.15) is 6.61 Å². The Morgan fingerprint density at radius 1 is 1.05 bits per heavy atom. The second kappa shape index (κ2) is 7.63. The SMILES string of the molecule is CCCCCC(C)(C(=O)OCc1ccccc1)C(C)(C)C. The molecule has 0 radical (unpaired) electrons. The average Bonchev–Trinajstić information content (AvgIpc) is 2.44. The molecule has 0 N–H and O–H groups in total. The first-order valence-corrected chi connectivity index (χ1v) is 8.02. The summed E-state index contributed by atoms with van der Waals surface area (Å²) in [5, 5.41) is 0. The van der Waals surface area contributed by atoms with E-state index in [9.17, 15) is 4.79 Å². The molecule has 1 atom stereocenters. The lowest BCUT2D eigenvalue weighted by atomic mass is 9.65. The smallest absolute Gasteiger partial charge is 0.312 e. The van der Waals surface area contributed by atoms with Gasteiger partial charge >= 0.3 is 5.97 Å². The molecule has 1 aromatic rings. The number of benzene rings is 1. The number of rotatable bonds is 7. The van der Waals surface area contributed by atoms with Crippen LogP contribution in [-0.4, -0.2) is 5.97 Å². The van der Waals surface area contributed by atoms with E-state index in [-0.39, 0.29) is 11.4 Å². The Labute approximate surface area is 129 Å². The molecule has 0 bridgehead atoms. The summed E-state index contributed by atoms with van der Waals surface area (Å²) in [6.45, 7) is 11.0. The van der Waals surface area contributed by atoms with E-state index in [1.165, 1.54) is 6.42 Å². The number of unbranched alkanes of at least 4 members (excludes halogenated alkanes) is 2. The number of esters is 1. The first-order chi connectivity index (χ1) is 9.81. The van der Waals surface area contributed by atoms with Gasteiger partial charge in [-0.3, -0.25) is 4.79 Å². The van der Waals surface area contributed by atoms with E-state index >= 15 is 0 Å². The third kappa shape index (κ3) is 4.87. The molecule has 1 unspecified atom stereocenters. The Morgan fingerprint density at radius 3 is 2.19 bits per heavy atom. The van der Waals surface area contributed by atoms with Crippen LogP contribution in [-0.2, 0) is 16.1 Å². The van der Waals surface area contributed by atoms with Crippen molar-refractivity contribution in [1.82, 2.24) is 0 Å². The molecule has 2 nitrogen and oxygen atoms in total. The van der Waals surface area contributed by atoms with Gasteiger partial charge in [0.15, 0.2) is 0 Å². The summed E-state index contributed by atoms with van der Waals surface area (Å²) in [6.07, 6.45) is 4.29. The van der Waals surface area contributed by atoms with Gasteiger partial charge in [0.2, 0.25) is 0 Å². The fourth-order valence-electron chi connectivity index (χ4n) is 2.39. The molecule has 2 heteroatoms. The highest BCUT2D eigenvalue weighted by Crippen LogP contribution is 2.43. The van der Waals surface area contributed by atoms with E-state index in [4.69, 9.17) is 4.74 Å². The molecule has 0 aliphatic rings. The van der Waals surface area contributed by atoms with Crippen LogP contribution in [0, 0.1) is 10.8 Å². The van der Waals surface area contributed by atoms with E-state index < -0.39 is 5.41 Å². The fourth-order valence-corrected chi connectivity index (χ4v) is 2.39. The van der Waals surface area contributed by atoms with Crippen molar-refractivity contribution < 1.29 is 9.53 Å². The van der Waals surface area contributed by atoms with Gasteiger partial charge in [-0.05, 0) is 24.3 Å². The molecule has 0 saturated heterocycles. The van der Waals surface area contributed by atoms with Gasteiger partial charge in [0.25, 0.3) is 0 Å². The van der Waals surface area contributed by atoms with Crippen LogP contribution < -0.4 is 0 Å². The second-order valence-electron chi connectivity index (χ2n) is 7.10. The number of carbonyl (C=O) groups excluding carboxylic acids is 1. The second-order valence-corrected chi connectivity index (χ2v) is 7.10. The van der Waals surface area contributed by atoms with Crippen LogP contribution in [0.15, 0.2) is 30.3 Å². The molecule has 0 amide bonds. The summed E-state index contributed by atoms with van der Waals surface area (Å²) < 4.78 is 5.61. The third-order valence-electron chi connectivity index (χ3n) is 4.60. The molecule has 118 valence electrons. The molecule has 0 fully saturated rings. The van der Waals surface area contributed by atoms with Crippen molar-refractivity contribution >= 4 is 5.97 Å². The van der Waals surface area contributed by atoms with Crippen molar-refractivity contribution in [2.45, 2.75) is 66.9 Å². The first kappa shape index (κ1) is 17.7. The van der Waals surface area contributed by atoms with Crippen LogP contribution in [0.5, 0.6) is 0 Å². The molecule has 0 aliphatic carbocycles. The van der Waals surface area contributed by atoms with E-state index in [1.54, 1.807) is 0 Å². The maximum absolute atomic E-state index is 12.7. The maximum Gasteiger partial charge on any atom is 0.312 e. The topological polar surface area (TPSA) is 26.3 Å². The molecule has 21 heavy (non-hydrogen) atoms. The van der Waals surface area contributed by atoms with Gasteiger partial charge < -0.3 is 4.74 Å². The Balaban J connectivity index is 2.71. The van der Waals surface area contributed by atoms with Gasteiger partial charge in [-0.1, -0.05) is 77.3 Å². The lowest BCUT2D eigenvalue weighted by molar-refractivity contribution is -0.164. The highest BCUT2D eigenvalue weighted by atomic mass is 16.5. The fraction of sp³-hybridized carbons (Fsp3) is 0.632. The molecule has 0 spiro atoms.